The number of rotatable bonds is 4. The van der Waals surface area contributed by atoms with Gasteiger partial charge in [0.25, 0.3) is 5.91 Å². The summed E-state index contributed by atoms with van der Waals surface area (Å²) in [6.45, 7) is 3.10. The van der Waals surface area contributed by atoms with Gasteiger partial charge in [0.1, 0.15) is 12.1 Å². The lowest BCUT2D eigenvalue weighted by molar-refractivity contribution is -0.131. The van der Waals surface area contributed by atoms with Crippen molar-refractivity contribution >= 4 is 11.9 Å². The van der Waals surface area contributed by atoms with Crippen LogP contribution in [-0.4, -0.2) is 27.0 Å². The summed E-state index contributed by atoms with van der Waals surface area (Å²) in [5.41, 5.74) is 0.350. The van der Waals surface area contributed by atoms with E-state index in [0.717, 1.165) is 28.2 Å². The molecule has 7 nitrogen and oxygen atoms in total. The van der Waals surface area contributed by atoms with Gasteiger partial charge in [0.2, 0.25) is 11.7 Å². The standard InChI is InChI=1S/C20H16F2N4O3/c1-11-4-3-5-12(8-11)17-23-16(29-25-17)10-26-18(27)20(2,24-19(26)28)13-6-7-14(21)15(22)9-13/h3-9H,10H2,1-2H3,(H,24,28). The number of hydrogen-bond acceptors (Lipinski definition) is 5. The fourth-order valence-electron chi connectivity index (χ4n) is 3.20. The normalized spacial score (nSPS) is 19.0. The van der Waals surface area contributed by atoms with E-state index in [1.807, 2.05) is 31.2 Å². The molecule has 0 saturated carbocycles. The minimum atomic E-state index is -1.54. The molecule has 1 unspecified atom stereocenters. The molecule has 0 bridgehead atoms. The van der Waals surface area contributed by atoms with Gasteiger partial charge in [0.05, 0.1) is 0 Å². The molecule has 1 fully saturated rings. The average Bonchev–Trinajstić information content (AvgIpc) is 3.23. The maximum absolute atomic E-state index is 13.6. The van der Waals surface area contributed by atoms with Gasteiger partial charge in [-0.2, -0.15) is 4.98 Å². The molecule has 0 aliphatic carbocycles. The van der Waals surface area contributed by atoms with Gasteiger partial charge in [0.15, 0.2) is 11.6 Å². The van der Waals surface area contributed by atoms with E-state index in [9.17, 15) is 18.4 Å². The Morgan fingerprint density at radius 3 is 2.66 bits per heavy atom. The van der Waals surface area contributed by atoms with Gasteiger partial charge < -0.3 is 9.84 Å². The van der Waals surface area contributed by atoms with Crippen LogP contribution in [0.4, 0.5) is 13.6 Å². The maximum atomic E-state index is 13.6. The molecule has 1 aliphatic heterocycles. The van der Waals surface area contributed by atoms with Gasteiger partial charge in [0, 0.05) is 5.56 Å². The summed E-state index contributed by atoms with van der Waals surface area (Å²) in [4.78, 5) is 30.4. The molecule has 1 aromatic heterocycles. The van der Waals surface area contributed by atoms with Crippen LogP contribution in [0.2, 0.25) is 0 Å². The van der Waals surface area contributed by atoms with Crippen LogP contribution in [0.3, 0.4) is 0 Å². The van der Waals surface area contributed by atoms with Crippen molar-refractivity contribution < 1.29 is 22.9 Å². The fourth-order valence-corrected chi connectivity index (χ4v) is 3.20. The Balaban J connectivity index is 1.58. The molecule has 148 valence electrons. The first-order chi connectivity index (χ1) is 13.8. The van der Waals surface area contributed by atoms with Crippen LogP contribution in [0.5, 0.6) is 0 Å². The Hall–Kier alpha value is -3.62. The van der Waals surface area contributed by atoms with Crippen molar-refractivity contribution in [3.8, 4) is 11.4 Å². The lowest BCUT2D eigenvalue weighted by Gasteiger charge is -2.22. The van der Waals surface area contributed by atoms with Crippen molar-refractivity contribution in [2.75, 3.05) is 0 Å². The van der Waals surface area contributed by atoms with Crippen molar-refractivity contribution in [1.82, 2.24) is 20.4 Å². The molecule has 1 N–H and O–H groups in total. The molecule has 0 radical (unpaired) electrons. The molecule has 3 aromatic rings. The fraction of sp³-hybridized carbons (Fsp3) is 0.200. The molecule has 4 rings (SSSR count). The number of carbonyl (C=O) groups excluding carboxylic acids is 2. The second-order valence-electron chi connectivity index (χ2n) is 6.96. The largest absolute Gasteiger partial charge is 0.337 e. The Bertz CT molecular complexity index is 1130. The second-order valence-corrected chi connectivity index (χ2v) is 6.96. The summed E-state index contributed by atoms with van der Waals surface area (Å²) in [5.74, 6) is -2.38. The van der Waals surface area contributed by atoms with Crippen LogP contribution in [0.25, 0.3) is 11.4 Å². The molecule has 3 amide bonds. The number of hydrogen-bond donors (Lipinski definition) is 1. The van der Waals surface area contributed by atoms with Crippen molar-refractivity contribution in [1.29, 1.82) is 0 Å². The van der Waals surface area contributed by atoms with Crippen molar-refractivity contribution in [2.45, 2.75) is 25.9 Å². The Labute approximate surface area is 164 Å². The first-order valence-electron chi connectivity index (χ1n) is 8.77. The zero-order valence-corrected chi connectivity index (χ0v) is 15.6. The highest BCUT2D eigenvalue weighted by Gasteiger charge is 2.49. The highest BCUT2D eigenvalue weighted by atomic mass is 19.2. The highest BCUT2D eigenvalue weighted by Crippen LogP contribution is 2.30. The summed E-state index contributed by atoms with van der Waals surface area (Å²) in [6.07, 6.45) is 0. The molecule has 2 heterocycles. The van der Waals surface area contributed by atoms with E-state index in [2.05, 4.69) is 15.5 Å². The predicted octanol–water partition coefficient (Wildman–Crippen LogP) is 3.29. The SMILES string of the molecule is Cc1cccc(-c2noc(CN3C(=O)NC(C)(c4ccc(F)c(F)c4)C3=O)n2)c1. The van der Waals surface area contributed by atoms with Gasteiger partial charge in [-0.05, 0) is 37.6 Å². The summed E-state index contributed by atoms with van der Waals surface area (Å²) in [5, 5.41) is 6.41. The van der Waals surface area contributed by atoms with Crippen LogP contribution >= 0.6 is 0 Å². The molecule has 2 aromatic carbocycles. The van der Waals surface area contributed by atoms with Crippen LogP contribution in [0.15, 0.2) is 47.0 Å². The van der Waals surface area contributed by atoms with E-state index in [1.54, 1.807) is 0 Å². The molecule has 0 spiro atoms. The smallest absolute Gasteiger partial charge is 0.325 e. The number of halogens is 2. The van der Waals surface area contributed by atoms with E-state index in [1.165, 1.54) is 13.0 Å². The zero-order valence-electron chi connectivity index (χ0n) is 15.6. The zero-order chi connectivity index (χ0) is 20.8. The van der Waals surface area contributed by atoms with Crippen LogP contribution in [0.1, 0.15) is 23.9 Å². The molecule has 1 atom stereocenters. The van der Waals surface area contributed by atoms with Crippen molar-refractivity contribution in [3.63, 3.8) is 0 Å². The molecule has 1 saturated heterocycles. The Morgan fingerprint density at radius 1 is 1.14 bits per heavy atom. The minimum Gasteiger partial charge on any atom is -0.337 e. The number of urea groups is 1. The van der Waals surface area contributed by atoms with Crippen molar-refractivity contribution in [3.05, 3.63) is 71.1 Å². The van der Waals surface area contributed by atoms with Gasteiger partial charge in [-0.1, -0.05) is 35.0 Å². The number of aryl methyl sites for hydroxylation is 1. The quantitative estimate of drug-likeness (QED) is 0.682. The number of benzene rings is 2. The van der Waals surface area contributed by atoms with Crippen LogP contribution in [-0.2, 0) is 16.9 Å². The molecule has 9 heteroatoms. The first kappa shape index (κ1) is 18.7. The van der Waals surface area contributed by atoms with E-state index >= 15 is 0 Å². The van der Waals surface area contributed by atoms with Crippen molar-refractivity contribution in [2.24, 2.45) is 0 Å². The van der Waals surface area contributed by atoms with Gasteiger partial charge in [-0.15, -0.1) is 0 Å². The van der Waals surface area contributed by atoms with Gasteiger partial charge in [-0.3, -0.25) is 9.69 Å². The topological polar surface area (TPSA) is 88.3 Å². The number of aromatic nitrogens is 2. The lowest BCUT2D eigenvalue weighted by Crippen LogP contribution is -2.41. The number of nitrogens with one attached hydrogen (secondary N) is 1. The number of imide groups is 1. The molecule has 29 heavy (non-hydrogen) atoms. The van der Waals surface area contributed by atoms with Crippen LogP contribution < -0.4 is 5.32 Å². The highest BCUT2D eigenvalue weighted by molar-refractivity contribution is 6.07. The third-order valence-electron chi connectivity index (χ3n) is 4.81. The minimum absolute atomic E-state index is 0.0690. The Morgan fingerprint density at radius 2 is 1.93 bits per heavy atom. The maximum Gasteiger partial charge on any atom is 0.325 e. The van der Waals surface area contributed by atoms with Gasteiger partial charge in [-0.25, -0.2) is 13.6 Å². The third-order valence-corrected chi connectivity index (χ3v) is 4.81. The summed E-state index contributed by atoms with van der Waals surface area (Å²) >= 11 is 0. The lowest BCUT2D eigenvalue weighted by atomic mass is 9.92. The van der Waals surface area contributed by atoms with E-state index in [0.29, 0.717) is 5.82 Å². The number of carbonyl (C=O) groups is 2. The third kappa shape index (κ3) is 3.24. The number of nitrogens with zero attached hydrogens (tertiary/aromatic N) is 3. The van der Waals surface area contributed by atoms with E-state index in [4.69, 9.17) is 4.52 Å². The molecular formula is C20H16F2N4O3. The summed E-state index contributed by atoms with van der Waals surface area (Å²) in [6, 6.07) is 9.82. The van der Waals surface area contributed by atoms with Crippen LogP contribution in [0, 0.1) is 18.6 Å². The second kappa shape index (κ2) is 6.77. The summed E-state index contributed by atoms with van der Waals surface area (Å²) in [7, 11) is 0. The first-order valence-corrected chi connectivity index (χ1v) is 8.77. The average molecular weight is 398 g/mol. The van der Waals surface area contributed by atoms with E-state index in [-0.39, 0.29) is 18.0 Å². The number of amides is 3. The monoisotopic (exact) mass is 398 g/mol. The van der Waals surface area contributed by atoms with Gasteiger partial charge >= 0.3 is 6.03 Å². The Kier molecular flexibility index (Phi) is 4.37. The molecular weight excluding hydrogens is 382 g/mol. The summed E-state index contributed by atoms with van der Waals surface area (Å²) < 4.78 is 32.0. The van der Waals surface area contributed by atoms with E-state index < -0.39 is 29.1 Å². The molecule has 1 aliphatic rings. The predicted molar refractivity (Wildman–Crippen MR) is 97.3 cm³/mol.